The van der Waals surface area contributed by atoms with Crippen LogP contribution in [0.3, 0.4) is 0 Å². The predicted octanol–water partition coefficient (Wildman–Crippen LogP) is 1.87. The number of amides is 2. The maximum atomic E-state index is 11.9. The largest absolute Gasteiger partial charge is 0.486 e. The molecule has 6 heteroatoms. The van der Waals surface area contributed by atoms with Crippen LogP contribution >= 0.6 is 0 Å². The highest BCUT2D eigenvalue weighted by Gasteiger charge is 2.23. The lowest BCUT2D eigenvalue weighted by molar-refractivity contribution is 0.0860. The molecular formula is C17H24N2O4. The van der Waals surface area contributed by atoms with Gasteiger partial charge in [0.05, 0.1) is 12.1 Å². The first-order chi connectivity index (χ1) is 11.2. The lowest BCUT2D eigenvalue weighted by Gasteiger charge is -2.20. The van der Waals surface area contributed by atoms with Gasteiger partial charge in [-0.2, -0.15) is 0 Å². The van der Waals surface area contributed by atoms with Crippen molar-refractivity contribution in [3.63, 3.8) is 0 Å². The summed E-state index contributed by atoms with van der Waals surface area (Å²) in [6, 6.07) is 5.78. The van der Waals surface area contributed by atoms with Crippen LogP contribution in [0.5, 0.6) is 11.5 Å². The van der Waals surface area contributed by atoms with Crippen LogP contribution in [-0.4, -0.2) is 44.5 Å². The fraction of sp³-hybridized carbons (Fsp3) is 0.588. The Labute approximate surface area is 136 Å². The second kappa shape index (κ2) is 7.55. The summed E-state index contributed by atoms with van der Waals surface area (Å²) in [6.07, 6.45) is 2.97. The van der Waals surface area contributed by atoms with Crippen molar-refractivity contribution in [1.82, 2.24) is 10.6 Å². The van der Waals surface area contributed by atoms with Gasteiger partial charge in [-0.1, -0.05) is 6.07 Å². The van der Waals surface area contributed by atoms with E-state index >= 15 is 0 Å². The molecule has 0 aliphatic carbocycles. The normalized spacial score (nSPS) is 20.8. The summed E-state index contributed by atoms with van der Waals surface area (Å²) in [7, 11) is 0. The molecule has 0 saturated carbocycles. The second-order valence-corrected chi connectivity index (χ2v) is 5.97. The molecule has 0 radical (unpaired) electrons. The smallest absolute Gasteiger partial charge is 0.315 e. The van der Waals surface area contributed by atoms with E-state index in [9.17, 15) is 4.79 Å². The average Bonchev–Trinajstić information content (AvgIpc) is 3.09. The molecule has 2 aliphatic heterocycles. The fourth-order valence-corrected chi connectivity index (χ4v) is 2.91. The van der Waals surface area contributed by atoms with Gasteiger partial charge in [0.15, 0.2) is 11.5 Å². The predicted molar refractivity (Wildman–Crippen MR) is 86.1 cm³/mol. The second-order valence-electron chi connectivity index (χ2n) is 5.97. The zero-order valence-corrected chi connectivity index (χ0v) is 13.5. The summed E-state index contributed by atoms with van der Waals surface area (Å²) >= 11 is 0. The van der Waals surface area contributed by atoms with Gasteiger partial charge in [0.1, 0.15) is 13.2 Å². The molecule has 2 heterocycles. The Kier molecular flexibility index (Phi) is 5.23. The summed E-state index contributed by atoms with van der Waals surface area (Å²) in [6.45, 7) is 4.53. The summed E-state index contributed by atoms with van der Waals surface area (Å²) in [5, 5.41) is 5.83. The maximum absolute atomic E-state index is 11.9. The van der Waals surface area contributed by atoms with Crippen molar-refractivity contribution in [2.45, 2.75) is 38.3 Å². The first-order valence-corrected chi connectivity index (χ1v) is 8.27. The number of benzene rings is 1. The maximum Gasteiger partial charge on any atom is 0.315 e. The van der Waals surface area contributed by atoms with Gasteiger partial charge in [0.25, 0.3) is 0 Å². The summed E-state index contributed by atoms with van der Waals surface area (Å²) < 4.78 is 16.6. The number of urea groups is 1. The van der Waals surface area contributed by atoms with Crippen molar-refractivity contribution in [3.8, 4) is 11.5 Å². The van der Waals surface area contributed by atoms with Crippen LogP contribution in [0.15, 0.2) is 18.2 Å². The standard InChI is InChI=1S/C17H24N2O4/c1-12(14-3-2-8-21-14)19-17(20)18-7-6-13-4-5-15-16(11-13)23-10-9-22-15/h4-5,11-12,14H,2-3,6-10H2,1H3,(H2,18,19,20)/t12-,14-/m1/s1. The van der Waals surface area contributed by atoms with Crippen molar-refractivity contribution >= 4 is 6.03 Å². The highest BCUT2D eigenvalue weighted by molar-refractivity contribution is 5.74. The Balaban J connectivity index is 1.41. The molecule has 1 aromatic rings. The first-order valence-electron chi connectivity index (χ1n) is 8.27. The van der Waals surface area contributed by atoms with Gasteiger partial charge >= 0.3 is 6.03 Å². The Morgan fingerprint density at radius 3 is 2.87 bits per heavy atom. The van der Waals surface area contributed by atoms with Crippen LogP contribution in [-0.2, 0) is 11.2 Å². The molecular weight excluding hydrogens is 296 g/mol. The number of rotatable bonds is 5. The van der Waals surface area contributed by atoms with Crippen molar-refractivity contribution in [3.05, 3.63) is 23.8 Å². The molecule has 126 valence electrons. The number of ether oxygens (including phenoxy) is 3. The number of carbonyl (C=O) groups excluding carboxylic acids is 1. The molecule has 1 aromatic carbocycles. The van der Waals surface area contributed by atoms with E-state index in [4.69, 9.17) is 14.2 Å². The van der Waals surface area contributed by atoms with E-state index in [1.807, 2.05) is 25.1 Å². The zero-order valence-electron chi connectivity index (χ0n) is 13.5. The minimum absolute atomic E-state index is 0.0341. The monoisotopic (exact) mass is 320 g/mol. The Morgan fingerprint density at radius 2 is 2.09 bits per heavy atom. The number of hydrogen-bond acceptors (Lipinski definition) is 4. The Bertz CT molecular complexity index is 543. The van der Waals surface area contributed by atoms with Crippen molar-refractivity contribution < 1.29 is 19.0 Å². The van der Waals surface area contributed by atoms with Crippen molar-refractivity contribution in [1.29, 1.82) is 0 Å². The van der Waals surface area contributed by atoms with E-state index in [2.05, 4.69) is 10.6 Å². The van der Waals surface area contributed by atoms with E-state index in [1.165, 1.54) is 0 Å². The summed E-state index contributed by atoms with van der Waals surface area (Å²) in [4.78, 5) is 11.9. The summed E-state index contributed by atoms with van der Waals surface area (Å²) in [5.41, 5.74) is 1.11. The van der Waals surface area contributed by atoms with E-state index in [1.54, 1.807) is 0 Å². The topological polar surface area (TPSA) is 68.8 Å². The third kappa shape index (κ3) is 4.28. The molecule has 0 bridgehead atoms. The van der Waals surface area contributed by atoms with Crippen LogP contribution in [0, 0.1) is 0 Å². The lowest BCUT2D eigenvalue weighted by Crippen LogP contribution is -2.46. The minimum atomic E-state index is -0.148. The number of nitrogens with one attached hydrogen (secondary N) is 2. The van der Waals surface area contributed by atoms with E-state index in [0.717, 1.165) is 42.9 Å². The highest BCUT2D eigenvalue weighted by atomic mass is 16.6. The third-order valence-corrected chi connectivity index (χ3v) is 4.19. The molecule has 2 N–H and O–H groups in total. The Morgan fingerprint density at radius 1 is 1.26 bits per heavy atom. The van der Waals surface area contributed by atoms with E-state index in [-0.39, 0.29) is 18.2 Å². The van der Waals surface area contributed by atoms with Gasteiger partial charge < -0.3 is 24.8 Å². The molecule has 2 atom stereocenters. The molecule has 0 aromatic heterocycles. The molecule has 1 fully saturated rings. The number of hydrogen-bond donors (Lipinski definition) is 2. The van der Waals surface area contributed by atoms with E-state index in [0.29, 0.717) is 19.8 Å². The minimum Gasteiger partial charge on any atom is -0.486 e. The van der Waals surface area contributed by atoms with Crippen molar-refractivity contribution in [2.75, 3.05) is 26.4 Å². The number of fused-ring (bicyclic) bond motifs is 1. The van der Waals surface area contributed by atoms with Crippen LogP contribution in [0.2, 0.25) is 0 Å². The van der Waals surface area contributed by atoms with Gasteiger partial charge in [0.2, 0.25) is 0 Å². The zero-order chi connectivity index (χ0) is 16.1. The molecule has 3 rings (SSSR count). The molecule has 2 aliphatic rings. The molecule has 1 saturated heterocycles. The lowest BCUT2D eigenvalue weighted by atomic mass is 10.1. The third-order valence-electron chi connectivity index (χ3n) is 4.19. The van der Waals surface area contributed by atoms with Crippen LogP contribution in [0.1, 0.15) is 25.3 Å². The van der Waals surface area contributed by atoms with Gasteiger partial charge in [-0.05, 0) is 43.9 Å². The van der Waals surface area contributed by atoms with Crippen LogP contribution < -0.4 is 20.1 Å². The number of carbonyl (C=O) groups is 1. The summed E-state index contributed by atoms with van der Waals surface area (Å²) in [5.74, 6) is 1.57. The van der Waals surface area contributed by atoms with Gasteiger partial charge in [-0.25, -0.2) is 4.79 Å². The molecule has 2 amide bonds. The van der Waals surface area contributed by atoms with Crippen LogP contribution in [0.25, 0.3) is 0 Å². The molecule has 6 nitrogen and oxygen atoms in total. The highest BCUT2D eigenvalue weighted by Crippen LogP contribution is 2.30. The SMILES string of the molecule is C[C@@H](NC(=O)NCCc1ccc2c(c1)OCCO2)[C@H]1CCCO1. The first kappa shape index (κ1) is 15.9. The Hall–Kier alpha value is -1.95. The quantitative estimate of drug-likeness (QED) is 0.869. The van der Waals surface area contributed by atoms with Gasteiger partial charge in [-0.15, -0.1) is 0 Å². The molecule has 0 spiro atoms. The van der Waals surface area contributed by atoms with E-state index < -0.39 is 0 Å². The van der Waals surface area contributed by atoms with Gasteiger partial charge in [-0.3, -0.25) is 0 Å². The fourth-order valence-electron chi connectivity index (χ4n) is 2.91. The average molecular weight is 320 g/mol. The van der Waals surface area contributed by atoms with Crippen molar-refractivity contribution in [2.24, 2.45) is 0 Å². The van der Waals surface area contributed by atoms with Gasteiger partial charge in [0, 0.05) is 13.2 Å². The molecule has 23 heavy (non-hydrogen) atoms. The van der Waals surface area contributed by atoms with Crippen LogP contribution in [0.4, 0.5) is 4.79 Å². The molecule has 0 unspecified atom stereocenters.